The maximum Gasteiger partial charge on any atom is 0.321 e. The molecule has 0 bridgehead atoms. The fourth-order valence-corrected chi connectivity index (χ4v) is 4.43. The maximum absolute atomic E-state index is 12.9. The van der Waals surface area contributed by atoms with Gasteiger partial charge in [0.15, 0.2) is 0 Å². The van der Waals surface area contributed by atoms with Crippen molar-refractivity contribution in [1.82, 2.24) is 14.2 Å². The van der Waals surface area contributed by atoms with Gasteiger partial charge in [0.25, 0.3) is 5.91 Å². The van der Waals surface area contributed by atoms with Gasteiger partial charge in [-0.1, -0.05) is 24.3 Å². The maximum atomic E-state index is 12.9. The van der Waals surface area contributed by atoms with Crippen molar-refractivity contribution in [3.05, 3.63) is 54.2 Å². The van der Waals surface area contributed by atoms with Gasteiger partial charge >= 0.3 is 6.03 Å². The lowest BCUT2D eigenvalue weighted by molar-refractivity contribution is 0.0669. The highest BCUT2D eigenvalue weighted by Crippen LogP contribution is 2.24. The van der Waals surface area contributed by atoms with E-state index in [1.807, 2.05) is 54.8 Å². The van der Waals surface area contributed by atoms with Gasteiger partial charge in [0.2, 0.25) is 0 Å². The van der Waals surface area contributed by atoms with Crippen LogP contribution < -0.4 is 5.32 Å². The van der Waals surface area contributed by atoms with Crippen LogP contribution in [-0.2, 0) is 0 Å². The molecule has 0 saturated carbocycles. The molecule has 3 amide bonds. The summed E-state index contributed by atoms with van der Waals surface area (Å²) >= 11 is 2.98. The van der Waals surface area contributed by atoms with Gasteiger partial charge in [-0.2, -0.15) is 4.37 Å². The monoisotopic (exact) mass is 412 g/mol. The molecule has 0 atom stereocenters. The van der Waals surface area contributed by atoms with Gasteiger partial charge in [-0.3, -0.25) is 4.79 Å². The Morgan fingerprint density at radius 3 is 2.57 bits per heavy atom. The van der Waals surface area contributed by atoms with Crippen LogP contribution in [0, 0.1) is 0 Å². The number of carbonyl (C=O) groups excluding carboxylic acids is 2. The second kappa shape index (κ2) is 8.20. The molecule has 0 radical (unpaired) electrons. The third-order valence-electron chi connectivity index (χ3n) is 4.76. The van der Waals surface area contributed by atoms with Crippen LogP contribution >= 0.6 is 23.3 Å². The lowest BCUT2D eigenvalue weighted by Gasteiger charge is -2.34. The van der Waals surface area contributed by atoms with Gasteiger partial charge in [-0.15, -0.1) is 11.8 Å². The summed E-state index contributed by atoms with van der Waals surface area (Å²) in [4.78, 5) is 30.0. The standard InChI is InChI=1S/C20H20N4O2S2/c1-27-15-6-4-5-14(13-15)21-20(26)24-11-9-23(10-12-24)19(25)18-16-7-2-3-8-17(16)28-22-18/h2-8,13H,9-12H2,1H3,(H,21,26). The van der Waals surface area contributed by atoms with Crippen molar-refractivity contribution in [2.75, 3.05) is 37.8 Å². The van der Waals surface area contributed by atoms with Crippen molar-refractivity contribution in [3.8, 4) is 0 Å². The zero-order valence-electron chi connectivity index (χ0n) is 15.4. The number of hydrogen-bond acceptors (Lipinski definition) is 5. The van der Waals surface area contributed by atoms with Crippen LogP contribution in [0.2, 0.25) is 0 Å². The van der Waals surface area contributed by atoms with Crippen LogP contribution in [0.15, 0.2) is 53.4 Å². The number of rotatable bonds is 3. The summed E-state index contributed by atoms with van der Waals surface area (Å²) in [6.45, 7) is 2.01. The predicted molar refractivity (Wildman–Crippen MR) is 114 cm³/mol. The van der Waals surface area contributed by atoms with Crippen molar-refractivity contribution in [3.63, 3.8) is 0 Å². The zero-order chi connectivity index (χ0) is 19.5. The fourth-order valence-electron chi connectivity index (χ4n) is 3.21. The molecule has 8 heteroatoms. The number of thioether (sulfide) groups is 1. The molecule has 1 aliphatic rings. The number of nitrogens with one attached hydrogen (secondary N) is 1. The number of carbonyl (C=O) groups is 2. The van der Waals surface area contributed by atoms with E-state index in [0.29, 0.717) is 31.9 Å². The number of piperazine rings is 1. The van der Waals surface area contributed by atoms with Crippen molar-refractivity contribution in [1.29, 1.82) is 0 Å². The fraction of sp³-hybridized carbons (Fsp3) is 0.250. The Balaban J connectivity index is 1.37. The highest BCUT2D eigenvalue weighted by molar-refractivity contribution is 7.98. The quantitative estimate of drug-likeness (QED) is 0.660. The third kappa shape index (κ3) is 3.83. The third-order valence-corrected chi connectivity index (χ3v) is 6.31. The highest BCUT2D eigenvalue weighted by atomic mass is 32.2. The Kier molecular flexibility index (Phi) is 5.50. The summed E-state index contributed by atoms with van der Waals surface area (Å²) in [5.41, 5.74) is 1.29. The van der Waals surface area contributed by atoms with E-state index >= 15 is 0 Å². The summed E-state index contributed by atoms with van der Waals surface area (Å²) in [5.74, 6) is -0.0646. The normalized spacial score (nSPS) is 14.3. The first kappa shape index (κ1) is 18.8. The Morgan fingerprint density at radius 1 is 1.04 bits per heavy atom. The largest absolute Gasteiger partial charge is 0.334 e. The number of amides is 3. The van der Waals surface area contributed by atoms with E-state index in [0.717, 1.165) is 20.7 Å². The number of nitrogens with zero attached hydrogens (tertiary/aromatic N) is 3. The summed E-state index contributed by atoms with van der Waals surface area (Å²) < 4.78 is 5.36. The average Bonchev–Trinajstić information content (AvgIpc) is 3.17. The highest BCUT2D eigenvalue weighted by Gasteiger charge is 2.27. The lowest BCUT2D eigenvalue weighted by Crippen LogP contribution is -2.51. The second-order valence-corrected chi connectivity index (χ2v) is 8.15. The van der Waals surface area contributed by atoms with E-state index in [2.05, 4.69) is 9.69 Å². The van der Waals surface area contributed by atoms with Crippen molar-refractivity contribution in [2.24, 2.45) is 0 Å². The van der Waals surface area contributed by atoms with E-state index in [4.69, 9.17) is 0 Å². The van der Waals surface area contributed by atoms with E-state index in [-0.39, 0.29) is 11.9 Å². The van der Waals surface area contributed by atoms with Crippen LogP contribution in [0.3, 0.4) is 0 Å². The molecule has 1 saturated heterocycles. The van der Waals surface area contributed by atoms with Gasteiger partial charge in [0.05, 0.1) is 4.70 Å². The first-order valence-electron chi connectivity index (χ1n) is 8.99. The molecule has 2 heterocycles. The number of benzene rings is 2. The Morgan fingerprint density at radius 2 is 1.79 bits per heavy atom. The molecular formula is C20H20N4O2S2. The van der Waals surface area contributed by atoms with Gasteiger partial charge in [0, 0.05) is 42.1 Å². The molecule has 1 aromatic heterocycles. The van der Waals surface area contributed by atoms with Gasteiger partial charge in [-0.05, 0) is 42.1 Å². The number of fused-ring (bicyclic) bond motifs is 1. The van der Waals surface area contributed by atoms with Crippen LogP contribution in [0.5, 0.6) is 0 Å². The summed E-state index contributed by atoms with van der Waals surface area (Å²) in [7, 11) is 0. The molecule has 2 aromatic carbocycles. The van der Waals surface area contributed by atoms with E-state index < -0.39 is 0 Å². The molecule has 4 rings (SSSR count). The molecule has 0 aliphatic carbocycles. The molecule has 3 aromatic rings. The van der Waals surface area contributed by atoms with Crippen molar-refractivity contribution < 1.29 is 9.59 Å². The van der Waals surface area contributed by atoms with Crippen molar-refractivity contribution >= 4 is 51.0 Å². The van der Waals surface area contributed by atoms with Gasteiger partial charge < -0.3 is 15.1 Å². The molecule has 1 fully saturated rings. The first-order chi connectivity index (χ1) is 13.7. The number of urea groups is 1. The molecule has 0 unspecified atom stereocenters. The van der Waals surface area contributed by atoms with Crippen LogP contribution in [-0.4, -0.2) is 58.5 Å². The van der Waals surface area contributed by atoms with E-state index in [1.54, 1.807) is 21.6 Å². The molecule has 1 aliphatic heterocycles. The minimum atomic E-state index is -0.135. The van der Waals surface area contributed by atoms with Gasteiger partial charge in [-0.25, -0.2) is 4.79 Å². The number of anilines is 1. The molecule has 144 valence electrons. The van der Waals surface area contributed by atoms with E-state index in [9.17, 15) is 9.59 Å². The van der Waals surface area contributed by atoms with Crippen LogP contribution in [0.25, 0.3) is 10.1 Å². The summed E-state index contributed by atoms with van der Waals surface area (Å²) in [6, 6.07) is 15.4. The first-order valence-corrected chi connectivity index (χ1v) is 11.0. The minimum absolute atomic E-state index is 0.0646. The zero-order valence-corrected chi connectivity index (χ0v) is 17.1. The Bertz CT molecular complexity index is 1010. The molecular weight excluding hydrogens is 392 g/mol. The Hall–Kier alpha value is -2.58. The Labute approximate surface area is 171 Å². The van der Waals surface area contributed by atoms with Crippen LogP contribution in [0.4, 0.5) is 10.5 Å². The second-order valence-electron chi connectivity index (χ2n) is 6.47. The SMILES string of the molecule is CSc1cccc(NC(=O)N2CCN(C(=O)c3nsc4ccccc34)CC2)c1. The lowest BCUT2D eigenvalue weighted by atomic mass is 10.2. The van der Waals surface area contributed by atoms with E-state index in [1.165, 1.54) is 11.5 Å². The number of hydrogen-bond donors (Lipinski definition) is 1. The predicted octanol–water partition coefficient (Wildman–Crippen LogP) is 4.01. The smallest absolute Gasteiger partial charge is 0.321 e. The van der Waals surface area contributed by atoms with Crippen LogP contribution in [0.1, 0.15) is 10.5 Å². The summed E-state index contributed by atoms with van der Waals surface area (Å²) in [6.07, 6.45) is 2.00. The molecule has 1 N–H and O–H groups in total. The summed E-state index contributed by atoms with van der Waals surface area (Å²) in [5, 5.41) is 3.84. The molecule has 28 heavy (non-hydrogen) atoms. The molecule has 0 spiro atoms. The average molecular weight is 413 g/mol. The number of aromatic nitrogens is 1. The topological polar surface area (TPSA) is 65.5 Å². The van der Waals surface area contributed by atoms with Gasteiger partial charge in [0.1, 0.15) is 5.69 Å². The molecule has 6 nitrogen and oxygen atoms in total. The van der Waals surface area contributed by atoms with Crippen molar-refractivity contribution in [2.45, 2.75) is 4.90 Å². The minimum Gasteiger partial charge on any atom is -0.334 e.